The molecule has 0 fully saturated rings. The van der Waals surface area contributed by atoms with Gasteiger partial charge in [0, 0.05) is 13.1 Å². The lowest BCUT2D eigenvalue weighted by molar-refractivity contribution is -0.144. The largest absolute Gasteiger partial charge is 0.465 e. The van der Waals surface area contributed by atoms with Crippen molar-refractivity contribution in [1.29, 1.82) is 0 Å². The summed E-state index contributed by atoms with van der Waals surface area (Å²) in [6.07, 6.45) is 5.45. The minimum atomic E-state index is -0.783. The van der Waals surface area contributed by atoms with Crippen molar-refractivity contribution < 1.29 is 28.6 Å². The number of esters is 3. The third-order valence-corrected chi connectivity index (χ3v) is 2.27. The molecule has 0 aliphatic carbocycles. The Morgan fingerprint density at radius 1 is 1.14 bits per heavy atom. The van der Waals surface area contributed by atoms with Crippen LogP contribution in [0.1, 0.15) is 0 Å². The summed E-state index contributed by atoms with van der Waals surface area (Å²) in [5.74, 6) is -2.06. The van der Waals surface area contributed by atoms with Crippen LogP contribution in [0.3, 0.4) is 0 Å². The average Bonchev–Trinajstić information content (AvgIpc) is 2.49. The number of methoxy groups -OCH3 is 2. The maximum Gasteiger partial charge on any atom is 0.345 e. The summed E-state index contributed by atoms with van der Waals surface area (Å²) < 4.78 is 13.8. The molecule has 0 amide bonds. The molecule has 21 heavy (non-hydrogen) atoms. The van der Waals surface area contributed by atoms with E-state index in [-0.39, 0.29) is 12.2 Å². The van der Waals surface area contributed by atoms with Crippen LogP contribution in [0.25, 0.3) is 0 Å². The van der Waals surface area contributed by atoms with Crippen LogP contribution in [0.5, 0.6) is 0 Å². The van der Waals surface area contributed by atoms with Gasteiger partial charge in [-0.15, -0.1) is 0 Å². The molecule has 0 saturated carbocycles. The summed E-state index contributed by atoms with van der Waals surface area (Å²) in [5.41, 5.74) is -0.220. The Hall–Kier alpha value is -2.57. The number of carbonyl (C=O) groups excluding carboxylic acids is 3. The fourth-order valence-corrected chi connectivity index (χ4v) is 1.15. The molecule has 0 spiro atoms. The van der Waals surface area contributed by atoms with Gasteiger partial charge in [0.25, 0.3) is 0 Å². The first kappa shape index (κ1) is 18.4. The summed E-state index contributed by atoms with van der Waals surface area (Å²) in [4.78, 5) is 35.3. The number of likely N-dealkylation sites (N-methyl/N-ethyl adjacent to an activating group) is 1. The summed E-state index contributed by atoms with van der Waals surface area (Å²) in [5, 5.41) is 0. The highest BCUT2D eigenvalue weighted by molar-refractivity contribution is 6.14. The van der Waals surface area contributed by atoms with Crippen LogP contribution in [0.15, 0.2) is 36.6 Å². The Kier molecular flexibility index (Phi) is 8.99. The average molecular weight is 297 g/mol. The van der Waals surface area contributed by atoms with Crippen molar-refractivity contribution in [3.8, 4) is 0 Å². The molecular weight excluding hydrogens is 278 g/mol. The van der Waals surface area contributed by atoms with Gasteiger partial charge in [-0.05, 0) is 18.4 Å². The third-order valence-electron chi connectivity index (χ3n) is 2.27. The van der Waals surface area contributed by atoms with Crippen molar-refractivity contribution in [1.82, 2.24) is 4.90 Å². The van der Waals surface area contributed by atoms with E-state index in [0.717, 1.165) is 6.08 Å². The second-order valence-corrected chi connectivity index (χ2v) is 3.76. The highest BCUT2D eigenvalue weighted by atomic mass is 16.5. The number of ether oxygens (including phenoxy) is 3. The molecule has 0 aromatic carbocycles. The number of nitrogens with zero attached hydrogens (tertiary/aromatic N) is 1. The Labute approximate surface area is 123 Å². The molecule has 0 aromatic heterocycles. The first-order valence-electron chi connectivity index (χ1n) is 6.00. The molecular formula is C14H19NO6. The van der Waals surface area contributed by atoms with E-state index in [2.05, 4.69) is 16.1 Å². The molecule has 0 bridgehead atoms. The maximum absolute atomic E-state index is 11.4. The van der Waals surface area contributed by atoms with E-state index in [1.165, 1.54) is 26.4 Å². The highest BCUT2D eigenvalue weighted by Gasteiger charge is 2.18. The van der Waals surface area contributed by atoms with Crippen molar-refractivity contribution in [2.45, 2.75) is 0 Å². The highest BCUT2D eigenvalue weighted by Crippen LogP contribution is 2.01. The normalized spacial score (nSPS) is 9.67. The van der Waals surface area contributed by atoms with Crippen molar-refractivity contribution in [3.63, 3.8) is 0 Å². The Morgan fingerprint density at radius 2 is 1.71 bits per heavy atom. The van der Waals surface area contributed by atoms with Crippen molar-refractivity contribution in [2.75, 3.05) is 34.4 Å². The van der Waals surface area contributed by atoms with Gasteiger partial charge in [0.15, 0.2) is 0 Å². The fraction of sp³-hybridized carbons (Fsp3) is 0.357. The fourth-order valence-electron chi connectivity index (χ4n) is 1.15. The van der Waals surface area contributed by atoms with Gasteiger partial charge in [-0.25, -0.2) is 14.4 Å². The molecule has 116 valence electrons. The molecule has 7 nitrogen and oxygen atoms in total. The van der Waals surface area contributed by atoms with Crippen molar-refractivity contribution in [3.05, 3.63) is 36.6 Å². The summed E-state index contributed by atoms with van der Waals surface area (Å²) in [6.45, 7) is 3.91. The van der Waals surface area contributed by atoms with Crippen LogP contribution < -0.4 is 0 Å². The standard InChI is InChI=1S/C14H19NO6/c1-5-12(16)21-10-9-15(2)8-6-7-11(13(17)19-3)14(18)20-4/h5-8H,1,9-10H2,2-4H3/b8-6+. The smallest absolute Gasteiger partial charge is 0.345 e. The molecule has 0 aromatic rings. The van der Waals surface area contributed by atoms with Gasteiger partial charge in [-0.1, -0.05) is 6.58 Å². The molecule has 0 unspecified atom stereocenters. The quantitative estimate of drug-likeness (QED) is 0.160. The van der Waals surface area contributed by atoms with Crippen molar-refractivity contribution in [2.24, 2.45) is 0 Å². The Bertz CT molecular complexity index is 434. The van der Waals surface area contributed by atoms with E-state index in [4.69, 9.17) is 4.74 Å². The maximum atomic E-state index is 11.4. The number of rotatable bonds is 8. The Morgan fingerprint density at radius 3 is 2.19 bits per heavy atom. The van der Waals surface area contributed by atoms with E-state index < -0.39 is 17.9 Å². The van der Waals surface area contributed by atoms with E-state index >= 15 is 0 Å². The lowest BCUT2D eigenvalue weighted by Crippen LogP contribution is -2.19. The number of hydrogen-bond donors (Lipinski definition) is 0. The van der Waals surface area contributed by atoms with Gasteiger partial charge >= 0.3 is 17.9 Å². The van der Waals surface area contributed by atoms with Gasteiger partial charge in [0.05, 0.1) is 20.8 Å². The van der Waals surface area contributed by atoms with Crippen LogP contribution in [0, 0.1) is 0 Å². The monoisotopic (exact) mass is 297 g/mol. The predicted molar refractivity (Wildman–Crippen MR) is 75.0 cm³/mol. The number of carbonyl (C=O) groups is 3. The van der Waals surface area contributed by atoms with Gasteiger partial charge in [-0.2, -0.15) is 0 Å². The minimum Gasteiger partial charge on any atom is -0.465 e. The van der Waals surface area contributed by atoms with E-state index in [9.17, 15) is 14.4 Å². The van der Waals surface area contributed by atoms with Crippen LogP contribution in [-0.2, 0) is 28.6 Å². The van der Waals surface area contributed by atoms with Gasteiger partial charge in [-0.3, -0.25) is 0 Å². The zero-order valence-corrected chi connectivity index (χ0v) is 12.3. The molecule has 0 heterocycles. The third kappa shape index (κ3) is 7.56. The van der Waals surface area contributed by atoms with Crippen LogP contribution >= 0.6 is 0 Å². The van der Waals surface area contributed by atoms with Gasteiger partial charge in [0.1, 0.15) is 12.2 Å². The first-order chi connectivity index (χ1) is 9.96. The number of allylic oxidation sites excluding steroid dienone is 2. The first-order valence-corrected chi connectivity index (χ1v) is 6.00. The van der Waals surface area contributed by atoms with E-state index in [1.54, 1.807) is 18.1 Å². The lowest BCUT2D eigenvalue weighted by Gasteiger charge is -2.12. The zero-order chi connectivity index (χ0) is 16.3. The number of hydrogen-bond acceptors (Lipinski definition) is 7. The van der Waals surface area contributed by atoms with E-state index in [1.807, 2.05) is 0 Å². The molecule has 0 aliphatic heterocycles. The predicted octanol–water partition coefficient (Wildman–Crippen LogP) is 0.433. The summed E-state index contributed by atoms with van der Waals surface area (Å²) >= 11 is 0. The van der Waals surface area contributed by atoms with Crippen LogP contribution in [0.2, 0.25) is 0 Å². The summed E-state index contributed by atoms with van der Waals surface area (Å²) in [7, 11) is 4.08. The van der Waals surface area contributed by atoms with Crippen LogP contribution in [-0.4, -0.2) is 57.2 Å². The molecule has 0 N–H and O–H groups in total. The second kappa shape index (κ2) is 10.2. The lowest BCUT2D eigenvalue weighted by atomic mass is 10.2. The zero-order valence-electron chi connectivity index (χ0n) is 12.3. The topological polar surface area (TPSA) is 82.1 Å². The van der Waals surface area contributed by atoms with Crippen molar-refractivity contribution >= 4 is 17.9 Å². The van der Waals surface area contributed by atoms with Gasteiger partial charge in [0.2, 0.25) is 0 Å². The summed E-state index contributed by atoms with van der Waals surface area (Å²) in [6, 6.07) is 0. The molecule has 0 rings (SSSR count). The van der Waals surface area contributed by atoms with Gasteiger partial charge < -0.3 is 19.1 Å². The molecule has 0 atom stereocenters. The SMILES string of the molecule is C=CC(=O)OCCN(C)/C=C/C=C(C(=O)OC)C(=O)OC. The molecule has 0 radical (unpaired) electrons. The second-order valence-electron chi connectivity index (χ2n) is 3.76. The molecule has 7 heteroatoms. The minimum absolute atomic E-state index is 0.191. The van der Waals surface area contributed by atoms with Crippen LogP contribution in [0.4, 0.5) is 0 Å². The van der Waals surface area contributed by atoms with E-state index in [0.29, 0.717) is 6.54 Å². The Balaban J connectivity index is 4.51. The molecule has 0 saturated heterocycles. The molecule has 0 aliphatic rings.